The number of nitrogens with zero attached hydrogens (tertiary/aromatic N) is 4. The minimum Gasteiger partial charge on any atom is -0.454 e. The molecule has 0 radical (unpaired) electrons. The zero-order valence-electron chi connectivity index (χ0n) is 16.9. The molecule has 31 heavy (non-hydrogen) atoms. The molecule has 0 bridgehead atoms. The Balaban J connectivity index is 1.34. The lowest BCUT2D eigenvalue weighted by Crippen LogP contribution is -2.01. The van der Waals surface area contributed by atoms with Crippen molar-refractivity contribution < 1.29 is 9.47 Å². The van der Waals surface area contributed by atoms with Gasteiger partial charge in [0.25, 0.3) is 0 Å². The standard InChI is InChI=1S/C23H20N4O2S2/c1-3-9-27-21(16-6-4-5-15(2)10-16)25-26-23(27)31-13-18-12-30-22(24-18)17-7-8-19-20(11-17)29-14-28-19/h3-8,10-12H,1,9,13-14H2,2H3. The predicted molar refractivity (Wildman–Crippen MR) is 124 cm³/mol. The fraction of sp³-hybridized carbons (Fsp3) is 0.174. The largest absolute Gasteiger partial charge is 0.454 e. The molecule has 2 aromatic carbocycles. The van der Waals surface area contributed by atoms with Crippen LogP contribution in [-0.2, 0) is 12.3 Å². The Morgan fingerprint density at radius 2 is 2.03 bits per heavy atom. The van der Waals surface area contributed by atoms with E-state index in [1.165, 1.54) is 5.56 Å². The Morgan fingerprint density at radius 3 is 2.90 bits per heavy atom. The molecule has 1 aliphatic rings. The Hall–Kier alpha value is -3.10. The molecule has 0 aliphatic carbocycles. The van der Waals surface area contributed by atoms with Crippen molar-refractivity contribution in [3.05, 3.63) is 71.8 Å². The topological polar surface area (TPSA) is 62.1 Å². The average Bonchev–Trinajstić information content (AvgIpc) is 3.52. The lowest BCUT2D eigenvalue weighted by molar-refractivity contribution is 0.174. The van der Waals surface area contributed by atoms with E-state index in [1.807, 2.05) is 30.3 Å². The van der Waals surface area contributed by atoms with Crippen LogP contribution in [0.2, 0.25) is 0 Å². The third-order valence-electron chi connectivity index (χ3n) is 4.83. The number of benzene rings is 2. The van der Waals surface area contributed by atoms with E-state index in [0.29, 0.717) is 12.3 Å². The van der Waals surface area contributed by atoms with Crippen LogP contribution in [-0.4, -0.2) is 26.5 Å². The Bertz CT molecular complexity index is 1250. The van der Waals surface area contributed by atoms with Crippen LogP contribution in [0.15, 0.2) is 65.7 Å². The maximum Gasteiger partial charge on any atom is 0.231 e. The van der Waals surface area contributed by atoms with Gasteiger partial charge >= 0.3 is 0 Å². The monoisotopic (exact) mass is 448 g/mol. The number of fused-ring (bicyclic) bond motifs is 1. The number of hydrogen-bond donors (Lipinski definition) is 0. The van der Waals surface area contributed by atoms with E-state index in [0.717, 1.165) is 44.3 Å². The number of aromatic nitrogens is 4. The zero-order valence-corrected chi connectivity index (χ0v) is 18.6. The summed E-state index contributed by atoms with van der Waals surface area (Å²) in [5, 5.41) is 12.8. The summed E-state index contributed by atoms with van der Waals surface area (Å²) in [5.74, 6) is 3.11. The summed E-state index contributed by atoms with van der Waals surface area (Å²) in [6, 6.07) is 14.2. The highest BCUT2D eigenvalue weighted by Crippen LogP contribution is 2.37. The van der Waals surface area contributed by atoms with Crippen LogP contribution in [0.5, 0.6) is 11.5 Å². The molecule has 156 valence electrons. The van der Waals surface area contributed by atoms with Crippen molar-refractivity contribution in [2.24, 2.45) is 0 Å². The molecular weight excluding hydrogens is 428 g/mol. The first-order chi connectivity index (χ1) is 15.2. The van der Waals surface area contributed by atoms with Crippen LogP contribution < -0.4 is 9.47 Å². The molecule has 3 heterocycles. The van der Waals surface area contributed by atoms with Crippen LogP contribution >= 0.6 is 23.1 Å². The lowest BCUT2D eigenvalue weighted by Gasteiger charge is -2.07. The fourth-order valence-corrected chi connectivity index (χ4v) is 5.12. The minimum absolute atomic E-state index is 0.272. The van der Waals surface area contributed by atoms with Gasteiger partial charge in [0, 0.05) is 28.8 Å². The first-order valence-electron chi connectivity index (χ1n) is 9.79. The van der Waals surface area contributed by atoms with Crippen LogP contribution in [0, 0.1) is 6.92 Å². The number of thiazole rings is 1. The summed E-state index contributed by atoms with van der Waals surface area (Å²) in [5.41, 5.74) is 4.29. The molecule has 0 N–H and O–H groups in total. The van der Waals surface area contributed by atoms with Gasteiger partial charge in [-0.25, -0.2) is 4.98 Å². The van der Waals surface area contributed by atoms with Gasteiger partial charge in [0.05, 0.1) is 5.69 Å². The first kappa shape index (κ1) is 19.8. The van der Waals surface area contributed by atoms with Crippen molar-refractivity contribution in [3.63, 3.8) is 0 Å². The number of aryl methyl sites for hydroxylation is 1. The maximum absolute atomic E-state index is 5.48. The summed E-state index contributed by atoms with van der Waals surface area (Å²) < 4.78 is 13.0. The fourth-order valence-electron chi connectivity index (χ4n) is 3.36. The summed E-state index contributed by atoms with van der Waals surface area (Å²) in [4.78, 5) is 4.80. The predicted octanol–water partition coefficient (Wildman–Crippen LogP) is 5.58. The molecule has 0 spiro atoms. The highest BCUT2D eigenvalue weighted by Gasteiger charge is 2.17. The molecule has 0 atom stereocenters. The van der Waals surface area contributed by atoms with Crippen molar-refractivity contribution in [2.45, 2.75) is 24.4 Å². The van der Waals surface area contributed by atoms with Crippen LogP contribution in [0.25, 0.3) is 22.0 Å². The Labute approximate surface area is 188 Å². The van der Waals surface area contributed by atoms with Gasteiger partial charge in [-0.2, -0.15) is 0 Å². The molecule has 1 aliphatic heterocycles. The second-order valence-corrected chi connectivity index (χ2v) is 8.88. The molecular formula is C23H20N4O2S2. The van der Waals surface area contributed by atoms with Gasteiger partial charge in [0.15, 0.2) is 22.5 Å². The van der Waals surface area contributed by atoms with Crippen molar-refractivity contribution in [1.82, 2.24) is 19.7 Å². The van der Waals surface area contributed by atoms with E-state index >= 15 is 0 Å². The Morgan fingerprint density at radius 1 is 1.13 bits per heavy atom. The normalized spacial score (nSPS) is 12.3. The van der Waals surface area contributed by atoms with E-state index in [2.05, 4.69) is 51.8 Å². The Kier molecular flexibility index (Phi) is 5.48. The van der Waals surface area contributed by atoms with E-state index in [9.17, 15) is 0 Å². The smallest absolute Gasteiger partial charge is 0.231 e. The number of thioether (sulfide) groups is 1. The summed E-state index contributed by atoms with van der Waals surface area (Å²) in [6.07, 6.45) is 1.87. The molecule has 4 aromatic rings. The molecule has 6 nitrogen and oxygen atoms in total. The summed E-state index contributed by atoms with van der Waals surface area (Å²) in [6.45, 7) is 6.89. The molecule has 0 unspecified atom stereocenters. The van der Waals surface area contributed by atoms with Crippen molar-refractivity contribution in [3.8, 4) is 33.5 Å². The van der Waals surface area contributed by atoms with Crippen LogP contribution in [0.1, 0.15) is 11.3 Å². The highest BCUT2D eigenvalue weighted by atomic mass is 32.2. The van der Waals surface area contributed by atoms with Gasteiger partial charge in [-0.3, -0.25) is 4.57 Å². The van der Waals surface area contributed by atoms with Crippen molar-refractivity contribution in [2.75, 3.05) is 6.79 Å². The third-order valence-corrected chi connectivity index (χ3v) is 6.77. The van der Waals surface area contributed by atoms with E-state index < -0.39 is 0 Å². The molecule has 2 aromatic heterocycles. The molecule has 8 heteroatoms. The van der Waals surface area contributed by atoms with Gasteiger partial charge in [0.1, 0.15) is 5.01 Å². The first-order valence-corrected chi connectivity index (χ1v) is 11.7. The third kappa shape index (κ3) is 4.08. The quantitative estimate of drug-likeness (QED) is 0.272. The molecule has 5 rings (SSSR count). The number of ether oxygens (including phenoxy) is 2. The van der Waals surface area contributed by atoms with Gasteiger partial charge in [-0.05, 0) is 31.2 Å². The van der Waals surface area contributed by atoms with Gasteiger partial charge < -0.3 is 9.47 Å². The minimum atomic E-state index is 0.272. The highest BCUT2D eigenvalue weighted by molar-refractivity contribution is 7.98. The van der Waals surface area contributed by atoms with Crippen molar-refractivity contribution >= 4 is 23.1 Å². The summed E-state index contributed by atoms with van der Waals surface area (Å²) >= 11 is 3.25. The number of hydrogen-bond acceptors (Lipinski definition) is 7. The number of rotatable bonds is 7. The van der Waals surface area contributed by atoms with E-state index in [1.54, 1.807) is 23.1 Å². The lowest BCUT2D eigenvalue weighted by atomic mass is 10.1. The molecule has 0 saturated heterocycles. The second-order valence-electron chi connectivity index (χ2n) is 7.08. The second kappa shape index (κ2) is 8.56. The van der Waals surface area contributed by atoms with E-state index in [-0.39, 0.29) is 6.79 Å². The van der Waals surface area contributed by atoms with Crippen LogP contribution in [0.4, 0.5) is 0 Å². The van der Waals surface area contributed by atoms with Crippen LogP contribution in [0.3, 0.4) is 0 Å². The average molecular weight is 449 g/mol. The zero-order chi connectivity index (χ0) is 21.2. The molecule has 0 saturated carbocycles. The molecule has 0 fully saturated rings. The van der Waals surface area contributed by atoms with Crippen molar-refractivity contribution in [1.29, 1.82) is 0 Å². The van der Waals surface area contributed by atoms with E-state index in [4.69, 9.17) is 14.5 Å². The molecule has 0 amide bonds. The summed E-state index contributed by atoms with van der Waals surface area (Å²) in [7, 11) is 0. The SMILES string of the molecule is C=CCn1c(SCc2csc(-c3ccc4c(c3)OCO4)n2)nnc1-c1cccc(C)c1. The number of allylic oxidation sites excluding steroid dienone is 1. The van der Waals surface area contributed by atoms with Gasteiger partial charge in [-0.1, -0.05) is 41.6 Å². The maximum atomic E-state index is 5.48. The van der Waals surface area contributed by atoms with Gasteiger partial charge in [-0.15, -0.1) is 28.1 Å². The van der Waals surface area contributed by atoms with Gasteiger partial charge in [0.2, 0.25) is 6.79 Å².